The van der Waals surface area contributed by atoms with Crippen LogP contribution in [0.1, 0.15) is 50.5 Å². The van der Waals surface area contributed by atoms with Gasteiger partial charge >= 0.3 is 0 Å². The highest BCUT2D eigenvalue weighted by molar-refractivity contribution is 6.22. The number of nitrogens with two attached hydrogens (primary N) is 1. The minimum absolute atomic E-state index is 0.163. The number of carbonyl (C=O) groups excluding carboxylic acids is 3. The Labute approximate surface area is 151 Å². The fourth-order valence-corrected chi connectivity index (χ4v) is 2.68. The zero-order valence-electron chi connectivity index (χ0n) is 14.7. The molecule has 1 aromatic carbocycles. The highest BCUT2D eigenvalue weighted by atomic mass is 16.2. The molecule has 0 saturated carbocycles. The van der Waals surface area contributed by atoms with Crippen molar-refractivity contribution in [2.45, 2.75) is 25.9 Å². The van der Waals surface area contributed by atoms with Gasteiger partial charge in [-0.25, -0.2) is 0 Å². The first-order valence-electron chi connectivity index (χ1n) is 8.24. The summed E-state index contributed by atoms with van der Waals surface area (Å²) in [6.07, 6.45) is 3.21. The molecule has 2 aromatic rings. The zero-order chi connectivity index (χ0) is 18.9. The van der Waals surface area contributed by atoms with Crippen LogP contribution in [0.3, 0.4) is 0 Å². The van der Waals surface area contributed by atoms with Gasteiger partial charge in [-0.15, -0.1) is 0 Å². The van der Waals surface area contributed by atoms with Crippen LogP contribution in [0, 0.1) is 0 Å². The van der Waals surface area contributed by atoms with E-state index >= 15 is 0 Å². The van der Waals surface area contributed by atoms with E-state index in [0.717, 1.165) is 5.56 Å². The fourth-order valence-electron chi connectivity index (χ4n) is 2.68. The van der Waals surface area contributed by atoms with Crippen molar-refractivity contribution in [3.63, 3.8) is 0 Å². The maximum absolute atomic E-state index is 12.7. The molecule has 3 N–H and O–H groups in total. The molecule has 0 spiro atoms. The molecule has 0 atom stereocenters. The van der Waals surface area contributed by atoms with E-state index in [4.69, 9.17) is 5.73 Å². The fraction of sp³-hybridized carbons (Fsp3) is 0.263. The second kappa shape index (κ2) is 6.68. The van der Waals surface area contributed by atoms with Crippen molar-refractivity contribution in [3.8, 4) is 0 Å². The number of fused-ring (bicyclic) bond motifs is 1. The standard InChI is InChI=1S/C19H20N4O3/c1-19(2,11-20)22-16(24)13-3-4-14-15(9-13)18(26)23(17(14)25)10-12-5-7-21-8-6-12/h3-9H,10-11,20H2,1-2H3,(H,22,24). The Kier molecular flexibility index (Phi) is 4.56. The highest BCUT2D eigenvalue weighted by Gasteiger charge is 2.36. The third-order valence-corrected chi connectivity index (χ3v) is 4.29. The zero-order valence-corrected chi connectivity index (χ0v) is 14.7. The van der Waals surface area contributed by atoms with Gasteiger partial charge in [0, 0.05) is 30.0 Å². The Bertz CT molecular complexity index is 878. The van der Waals surface area contributed by atoms with Crippen LogP contribution < -0.4 is 11.1 Å². The molecule has 0 radical (unpaired) electrons. The number of hydrogen-bond acceptors (Lipinski definition) is 5. The maximum atomic E-state index is 12.7. The normalized spacial score (nSPS) is 13.7. The molecule has 3 amide bonds. The molecule has 1 aromatic heterocycles. The van der Waals surface area contributed by atoms with Crippen molar-refractivity contribution in [2.75, 3.05) is 6.54 Å². The second-order valence-corrected chi connectivity index (χ2v) is 6.85. The average Bonchev–Trinajstić information content (AvgIpc) is 2.87. The van der Waals surface area contributed by atoms with E-state index in [0.29, 0.717) is 11.1 Å². The summed E-state index contributed by atoms with van der Waals surface area (Å²) in [5.41, 5.74) is 6.73. The van der Waals surface area contributed by atoms with E-state index in [2.05, 4.69) is 10.3 Å². The Morgan fingerprint density at radius 3 is 2.42 bits per heavy atom. The number of carbonyl (C=O) groups is 3. The first-order chi connectivity index (χ1) is 12.3. The van der Waals surface area contributed by atoms with Gasteiger partial charge < -0.3 is 11.1 Å². The first kappa shape index (κ1) is 17.8. The van der Waals surface area contributed by atoms with Gasteiger partial charge in [-0.1, -0.05) is 0 Å². The number of rotatable bonds is 5. The van der Waals surface area contributed by atoms with Crippen molar-refractivity contribution in [3.05, 3.63) is 65.0 Å². The van der Waals surface area contributed by atoms with Crippen LogP contribution in [-0.2, 0) is 6.54 Å². The van der Waals surface area contributed by atoms with Gasteiger partial charge in [0.2, 0.25) is 0 Å². The lowest BCUT2D eigenvalue weighted by Gasteiger charge is -2.24. The van der Waals surface area contributed by atoms with Crippen molar-refractivity contribution in [2.24, 2.45) is 5.73 Å². The summed E-state index contributed by atoms with van der Waals surface area (Å²) in [5, 5.41) is 2.81. The molecule has 7 heteroatoms. The van der Waals surface area contributed by atoms with Gasteiger partial charge in [0.15, 0.2) is 0 Å². The molecule has 0 saturated heterocycles. The number of nitrogens with zero attached hydrogens (tertiary/aromatic N) is 2. The molecule has 0 aliphatic carbocycles. The molecule has 7 nitrogen and oxygen atoms in total. The average molecular weight is 352 g/mol. The lowest BCUT2D eigenvalue weighted by molar-refractivity contribution is 0.0642. The number of aromatic nitrogens is 1. The molecule has 0 fully saturated rings. The summed E-state index contributed by atoms with van der Waals surface area (Å²) in [7, 11) is 0. The summed E-state index contributed by atoms with van der Waals surface area (Å²) >= 11 is 0. The SMILES string of the molecule is CC(C)(CN)NC(=O)c1ccc2c(c1)C(=O)N(Cc1ccncc1)C2=O. The number of hydrogen-bond donors (Lipinski definition) is 2. The van der Waals surface area contributed by atoms with Gasteiger partial charge in [-0.2, -0.15) is 0 Å². The van der Waals surface area contributed by atoms with Gasteiger partial charge in [0.25, 0.3) is 17.7 Å². The minimum atomic E-state index is -0.566. The highest BCUT2D eigenvalue weighted by Crippen LogP contribution is 2.25. The maximum Gasteiger partial charge on any atom is 0.261 e. The van der Waals surface area contributed by atoms with Crippen LogP contribution >= 0.6 is 0 Å². The van der Waals surface area contributed by atoms with Gasteiger partial charge in [-0.05, 0) is 49.7 Å². The molecule has 0 bridgehead atoms. The molecule has 1 aliphatic rings. The summed E-state index contributed by atoms with van der Waals surface area (Å²) in [6.45, 7) is 4.06. The third kappa shape index (κ3) is 3.34. The second-order valence-electron chi connectivity index (χ2n) is 6.85. The molecule has 134 valence electrons. The molecular weight excluding hydrogens is 332 g/mol. The summed E-state index contributed by atoms with van der Waals surface area (Å²) in [4.78, 5) is 42.7. The number of pyridine rings is 1. The summed E-state index contributed by atoms with van der Waals surface area (Å²) in [5.74, 6) is -1.11. The van der Waals surface area contributed by atoms with E-state index in [1.54, 1.807) is 30.6 Å². The smallest absolute Gasteiger partial charge is 0.261 e. The molecule has 2 heterocycles. The van der Waals surface area contributed by atoms with Crippen molar-refractivity contribution in [1.29, 1.82) is 0 Å². The monoisotopic (exact) mass is 352 g/mol. The number of benzene rings is 1. The van der Waals surface area contributed by atoms with Gasteiger partial charge in [-0.3, -0.25) is 24.3 Å². The topological polar surface area (TPSA) is 105 Å². The van der Waals surface area contributed by atoms with Crippen molar-refractivity contribution < 1.29 is 14.4 Å². The van der Waals surface area contributed by atoms with Crippen LogP contribution in [0.4, 0.5) is 0 Å². The van der Waals surface area contributed by atoms with E-state index in [9.17, 15) is 14.4 Å². The molecule has 1 aliphatic heterocycles. The predicted molar refractivity (Wildman–Crippen MR) is 95.5 cm³/mol. The van der Waals surface area contributed by atoms with Gasteiger partial charge in [0.1, 0.15) is 0 Å². The minimum Gasteiger partial charge on any atom is -0.346 e. The largest absolute Gasteiger partial charge is 0.346 e. The Hall–Kier alpha value is -3.06. The Morgan fingerprint density at radius 2 is 1.77 bits per heavy atom. The van der Waals surface area contributed by atoms with E-state index in [1.165, 1.54) is 17.0 Å². The van der Waals surface area contributed by atoms with E-state index in [-0.39, 0.29) is 30.5 Å². The van der Waals surface area contributed by atoms with Gasteiger partial charge in [0.05, 0.1) is 17.7 Å². The van der Waals surface area contributed by atoms with Crippen molar-refractivity contribution >= 4 is 17.7 Å². The van der Waals surface area contributed by atoms with Crippen LogP contribution in [0.2, 0.25) is 0 Å². The van der Waals surface area contributed by atoms with Crippen LogP contribution in [0.25, 0.3) is 0 Å². The Balaban J connectivity index is 1.85. The number of amides is 3. The number of nitrogens with one attached hydrogen (secondary N) is 1. The summed E-state index contributed by atoms with van der Waals surface area (Å²) < 4.78 is 0. The molecule has 26 heavy (non-hydrogen) atoms. The van der Waals surface area contributed by atoms with Crippen LogP contribution in [-0.4, -0.2) is 39.7 Å². The van der Waals surface area contributed by atoms with E-state index in [1.807, 2.05) is 13.8 Å². The molecule has 0 unspecified atom stereocenters. The van der Waals surface area contributed by atoms with E-state index < -0.39 is 11.4 Å². The number of imide groups is 1. The van der Waals surface area contributed by atoms with Crippen molar-refractivity contribution in [1.82, 2.24) is 15.2 Å². The quantitative estimate of drug-likeness (QED) is 0.790. The lowest BCUT2D eigenvalue weighted by Crippen LogP contribution is -2.48. The summed E-state index contributed by atoms with van der Waals surface area (Å²) in [6, 6.07) is 8.02. The predicted octanol–water partition coefficient (Wildman–Crippen LogP) is 1.34. The molecular formula is C19H20N4O3. The third-order valence-electron chi connectivity index (χ3n) is 4.29. The lowest BCUT2D eigenvalue weighted by atomic mass is 10.0. The Morgan fingerprint density at radius 1 is 1.12 bits per heavy atom. The van der Waals surface area contributed by atoms with Crippen LogP contribution in [0.5, 0.6) is 0 Å². The molecule has 3 rings (SSSR count). The first-order valence-corrected chi connectivity index (χ1v) is 8.24. The van der Waals surface area contributed by atoms with Crippen LogP contribution in [0.15, 0.2) is 42.7 Å².